The molecular formula is C13H18N2. The lowest BCUT2D eigenvalue weighted by Gasteiger charge is -1.96. The maximum absolute atomic E-state index is 6.67. The SMILES string of the molecule is CCC.N=C=Nc1ccc(C2CC2)cc1. The Balaban J connectivity index is 0.000000337. The molecule has 80 valence electrons. The second-order valence-electron chi connectivity index (χ2n) is 3.80. The van der Waals surface area contributed by atoms with Gasteiger partial charge in [0.2, 0.25) is 0 Å². The standard InChI is InChI=1S/C10H10N2.C3H8/c11-7-12-10-5-3-9(4-6-10)8-1-2-8;1-3-2/h3-6,8,11H,1-2H2;3H2,1-2H3. The molecule has 0 unspecified atom stereocenters. The van der Waals surface area contributed by atoms with Crippen LogP contribution < -0.4 is 0 Å². The Hall–Kier alpha value is -1.40. The monoisotopic (exact) mass is 202 g/mol. The Morgan fingerprint density at radius 2 is 1.80 bits per heavy atom. The summed E-state index contributed by atoms with van der Waals surface area (Å²) in [5.74, 6) is 0.794. The van der Waals surface area contributed by atoms with E-state index in [1.807, 2.05) is 18.1 Å². The topological polar surface area (TPSA) is 36.2 Å². The number of nitrogens with zero attached hydrogens (tertiary/aromatic N) is 1. The van der Waals surface area contributed by atoms with Crippen LogP contribution in [-0.2, 0) is 0 Å². The van der Waals surface area contributed by atoms with Crippen molar-refractivity contribution in [1.29, 1.82) is 5.41 Å². The summed E-state index contributed by atoms with van der Waals surface area (Å²) in [5.41, 5.74) is 2.22. The van der Waals surface area contributed by atoms with Crippen molar-refractivity contribution in [1.82, 2.24) is 0 Å². The summed E-state index contributed by atoms with van der Waals surface area (Å²) in [7, 11) is 0. The first-order valence-corrected chi connectivity index (χ1v) is 5.54. The summed E-state index contributed by atoms with van der Waals surface area (Å²) in [5, 5.41) is 6.67. The van der Waals surface area contributed by atoms with E-state index in [-0.39, 0.29) is 0 Å². The number of hydrogen-bond donors (Lipinski definition) is 1. The Kier molecular flexibility index (Phi) is 4.79. The Labute approximate surface area is 91.6 Å². The summed E-state index contributed by atoms with van der Waals surface area (Å²) in [6, 6.07) is 10.1. The zero-order valence-electron chi connectivity index (χ0n) is 9.46. The molecule has 0 saturated heterocycles. The second kappa shape index (κ2) is 6.15. The fourth-order valence-electron chi connectivity index (χ4n) is 1.30. The van der Waals surface area contributed by atoms with Crippen molar-refractivity contribution in [3.05, 3.63) is 29.8 Å². The molecule has 2 rings (SSSR count). The third kappa shape index (κ3) is 4.09. The fraction of sp³-hybridized carbons (Fsp3) is 0.462. The quantitative estimate of drug-likeness (QED) is 0.691. The lowest BCUT2D eigenvalue weighted by Crippen LogP contribution is -1.75. The Morgan fingerprint density at radius 1 is 1.27 bits per heavy atom. The van der Waals surface area contributed by atoms with Gasteiger partial charge in [-0.05, 0) is 36.5 Å². The fourth-order valence-corrected chi connectivity index (χ4v) is 1.30. The van der Waals surface area contributed by atoms with E-state index in [1.165, 1.54) is 24.8 Å². The zero-order valence-corrected chi connectivity index (χ0v) is 9.46. The molecule has 1 aromatic carbocycles. The van der Waals surface area contributed by atoms with Crippen LogP contribution in [0.4, 0.5) is 5.69 Å². The van der Waals surface area contributed by atoms with Crippen LogP contribution in [0.5, 0.6) is 0 Å². The van der Waals surface area contributed by atoms with Crippen LogP contribution in [0.1, 0.15) is 44.6 Å². The van der Waals surface area contributed by atoms with E-state index < -0.39 is 0 Å². The van der Waals surface area contributed by atoms with Crippen molar-refractivity contribution in [2.75, 3.05) is 0 Å². The minimum atomic E-state index is 0.794. The lowest BCUT2D eigenvalue weighted by atomic mass is 10.1. The van der Waals surface area contributed by atoms with Gasteiger partial charge < -0.3 is 0 Å². The van der Waals surface area contributed by atoms with Crippen LogP contribution in [0.15, 0.2) is 29.3 Å². The highest BCUT2D eigenvalue weighted by atomic mass is 14.7. The summed E-state index contributed by atoms with van der Waals surface area (Å²) < 4.78 is 0. The van der Waals surface area contributed by atoms with Gasteiger partial charge >= 0.3 is 0 Å². The minimum absolute atomic E-state index is 0.794. The van der Waals surface area contributed by atoms with Crippen LogP contribution in [0.25, 0.3) is 0 Å². The van der Waals surface area contributed by atoms with E-state index in [9.17, 15) is 0 Å². The highest BCUT2D eigenvalue weighted by Crippen LogP contribution is 2.40. The van der Waals surface area contributed by atoms with Gasteiger partial charge in [-0.25, -0.2) is 5.41 Å². The summed E-state index contributed by atoms with van der Waals surface area (Å²) >= 11 is 0. The largest absolute Gasteiger partial charge is 0.241 e. The molecule has 0 aliphatic heterocycles. The average molecular weight is 202 g/mol. The lowest BCUT2D eigenvalue weighted by molar-refractivity contribution is 1.09. The molecule has 0 radical (unpaired) electrons. The highest BCUT2D eigenvalue weighted by Gasteiger charge is 2.22. The molecular weight excluding hydrogens is 184 g/mol. The molecule has 1 aliphatic rings. The third-order valence-electron chi connectivity index (χ3n) is 2.13. The number of hydrogen-bond acceptors (Lipinski definition) is 2. The third-order valence-corrected chi connectivity index (χ3v) is 2.13. The first-order valence-electron chi connectivity index (χ1n) is 5.54. The van der Waals surface area contributed by atoms with Gasteiger partial charge in [0, 0.05) is 0 Å². The first kappa shape index (κ1) is 11.7. The van der Waals surface area contributed by atoms with Gasteiger partial charge in [0.15, 0.2) is 0 Å². The van der Waals surface area contributed by atoms with Crippen LogP contribution in [0.3, 0.4) is 0 Å². The molecule has 2 nitrogen and oxygen atoms in total. The van der Waals surface area contributed by atoms with E-state index in [1.54, 1.807) is 0 Å². The number of benzene rings is 1. The van der Waals surface area contributed by atoms with Gasteiger partial charge in [0.1, 0.15) is 0 Å². The highest BCUT2D eigenvalue weighted by molar-refractivity contribution is 5.50. The molecule has 1 aliphatic carbocycles. The van der Waals surface area contributed by atoms with Gasteiger partial charge in [-0.3, -0.25) is 0 Å². The van der Waals surface area contributed by atoms with E-state index in [2.05, 4.69) is 31.0 Å². The van der Waals surface area contributed by atoms with Gasteiger partial charge in [-0.2, -0.15) is 4.99 Å². The Morgan fingerprint density at radius 3 is 2.20 bits per heavy atom. The van der Waals surface area contributed by atoms with Crippen LogP contribution in [-0.4, -0.2) is 6.01 Å². The molecule has 2 heteroatoms. The van der Waals surface area contributed by atoms with Gasteiger partial charge in [0.25, 0.3) is 0 Å². The molecule has 0 spiro atoms. The summed E-state index contributed by atoms with van der Waals surface area (Å²) in [6.07, 6.45) is 3.90. The van der Waals surface area contributed by atoms with Gasteiger partial charge in [-0.1, -0.05) is 32.4 Å². The molecule has 0 bridgehead atoms. The summed E-state index contributed by atoms with van der Waals surface area (Å²) in [4.78, 5) is 3.74. The first-order chi connectivity index (χ1) is 7.31. The molecule has 0 heterocycles. The predicted octanol–water partition coefficient (Wildman–Crippen LogP) is 4.36. The molecule has 1 saturated carbocycles. The van der Waals surface area contributed by atoms with E-state index in [4.69, 9.17) is 5.41 Å². The molecule has 1 aromatic rings. The molecule has 0 atom stereocenters. The molecule has 1 fully saturated rings. The smallest absolute Gasteiger partial charge is 0.0918 e. The number of aliphatic imine (C=N–C) groups is 1. The van der Waals surface area contributed by atoms with Crippen molar-refractivity contribution in [2.45, 2.75) is 39.0 Å². The molecule has 0 amide bonds. The van der Waals surface area contributed by atoms with Crippen LogP contribution in [0, 0.1) is 5.41 Å². The normalized spacial score (nSPS) is 13.5. The van der Waals surface area contributed by atoms with Crippen LogP contribution >= 0.6 is 0 Å². The van der Waals surface area contributed by atoms with Crippen molar-refractivity contribution in [3.63, 3.8) is 0 Å². The maximum Gasteiger partial charge on any atom is 0.0918 e. The van der Waals surface area contributed by atoms with Gasteiger partial charge in [-0.15, -0.1) is 0 Å². The van der Waals surface area contributed by atoms with E-state index >= 15 is 0 Å². The average Bonchev–Trinajstić information content (AvgIpc) is 3.04. The van der Waals surface area contributed by atoms with Gasteiger partial charge in [0.05, 0.1) is 11.7 Å². The summed E-state index contributed by atoms with van der Waals surface area (Å²) in [6.45, 7) is 4.25. The zero-order chi connectivity index (χ0) is 11.1. The molecule has 0 aromatic heterocycles. The molecule has 1 N–H and O–H groups in total. The van der Waals surface area contributed by atoms with E-state index in [0.717, 1.165) is 11.6 Å². The van der Waals surface area contributed by atoms with Crippen molar-refractivity contribution in [2.24, 2.45) is 4.99 Å². The van der Waals surface area contributed by atoms with Crippen molar-refractivity contribution >= 4 is 11.7 Å². The van der Waals surface area contributed by atoms with Crippen molar-refractivity contribution < 1.29 is 0 Å². The van der Waals surface area contributed by atoms with E-state index in [0.29, 0.717) is 0 Å². The molecule has 15 heavy (non-hydrogen) atoms. The minimum Gasteiger partial charge on any atom is -0.241 e. The Bertz CT molecular complexity index is 330. The predicted molar refractivity (Wildman–Crippen MR) is 64.2 cm³/mol. The number of rotatable bonds is 2. The maximum atomic E-state index is 6.67. The number of nitrogens with one attached hydrogen (secondary N) is 1. The van der Waals surface area contributed by atoms with Crippen LogP contribution in [0.2, 0.25) is 0 Å². The second-order valence-corrected chi connectivity index (χ2v) is 3.80. The van der Waals surface area contributed by atoms with Crippen molar-refractivity contribution in [3.8, 4) is 0 Å².